The van der Waals surface area contributed by atoms with Crippen molar-refractivity contribution in [2.75, 3.05) is 25.0 Å². The third kappa shape index (κ3) is 6.48. The molecule has 1 saturated heterocycles. The summed E-state index contributed by atoms with van der Waals surface area (Å²) in [6, 6.07) is 16.2. The van der Waals surface area contributed by atoms with Gasteiger partial charge in [0.15, 0.2) is 0 Å². The van der Waals surface area contributed by atoms with E-state index >= 15 is 0 Å². The quantitative estimate of drug-likeness (QED) is 0.697. The van der Waals surface area contributed by atoms with E-state index in [9.17, 15) is 9.59 Å². The van der Waals surface area contributed by atoms with Gasteiger partial charge in [0, 0.05) is 25.3 Å². The van der Waals surface area contributed by atoms with Crippen LogP contribution >= 0.6 is 12.4 Å². The van der Waals surface area contributed by atoms with E-state index in [1.807, 2.05) is 66.4 Å². The van der Waals surface area contributed by atoms with Crippen LogP contribution < -0.4 is 16.4 Å². The molecule has 2 atom stereocenters. The van der Waals surface area contributed by atoms with Crippen LogP contribution in [0.3, 0.4) is 0 Å². The minimum Gasteiger partial charge on any atom is -0.341 e. The van der Waals surface area contributed by atoms with Crippen LogP contribution in [0.25, 0.3) is 0 Å². The number of nitrogens with two attached hydrogens (primary N) is 1. The van der Waals surface area contributed by atoms with Crippen LogP contribution in [-0.4, -0.2) is 36.5 Å². The number of benzene rings is 2. The van der Waals surface area contributed by atoms with Crippen molar-refractivity contribution >= 4 is 30.0 Å². The first-order valence-corrected chi connectivity index (χ1v) is 9.74. The lowest BCUT2D eigenvalue weighted by molar-refractivity contribution is -0.134. The summed E-state index contributed by atoms with van der Waals surface area (Å²) in [5, 5.41) is 5.75. The molecular weight excluding hydrogens is 388 g/mol. The number of amides is 3. The number of hydrogen-bond donors (Lipinski definition) is 3. The predicted molar refractivity (Wildman–Crippen MR) is 118 cm³/mol. The molecule has 0 aromatic heterocycles. The van der Waals surface area contributed by atoms with E-state index in [2.05, 4.69) is 10.6 Å². The number of hydrogen-bond acceptors (Lipinski definition) is 3. The van der Waals surface area contributed by atoms with Gasteiger partial charge in [-0.25, -0.2) is 4.79 Å². The Hall–Kier alpha value is -2.57. The zero-order chi connectivity index (χ0) is 19.9. The predicted octanol–water partition coefficient (Wildman–Crippen LogP) is 3.48. The molecular formula is C22H29ClN4O2. The topological polar surface area (TPSA) is 87.5 Å². The van der Waals surface area contributed by atoms with E-state index in [1.165, 1.54) is 0 Å². The number of rotatable bonds is 5. The average Bonchev–Trinajstić information content (AvgIpc) is 2.74. The molecule has 3 rings (SSSR count). The summed E-state index contributed by atoms with van der Waals surface area (Å²) in [6.45, 7) is 3.86. The Labute approximate surface area is 178 Å². The van der Waals surface area contributed by atoms with Gasteiger partial charge in [0.2, 0.25) is 5.91 Å². The van der Waals surface area contributed by atoms with Crippen LogP contribution in [0.5, 0.6) is 0 Å². The molecule has 29 heavy (non-hydrogen) atoms. The van der Waals surface area contributed by atoms with Gasteiger partial charge in [-0.3, -0.25) is 4.79 Å². The highest BCUT2D eigenvalue weighted by atomic mass is 35.5. The van der Waals surface area contributed by atoms with E-state index in [4.69, 9.17) is 5.73 Å². The van der Waals surface area contributed by atoms with E-state index in [-0.39, 0.29) is 30.3 Å². The van der Waals surface area contributed by atoms with Crippen molar-refractivity contribution < 1.29 is 9.59 Å². The first-order chi connectivity index (χ1) is 13.5. The Kier molecular flexibility index (Phi) is 8.49. The maximum Gasteiger partial charge on any atom is 0.319 e. The number of anilines is 1. The summed E-state index contributed by atoms with van der Waals surface area (Å²) in [7, 11) is 0. The van der Waals surface area contributed by atoms with Crippen LogP contribution in [0, 0.1) is 12.8 Å². The molecule has 0 aliphatic carbocycles. The molecule has 1 fully saturated rings. The Balaban J connectivity index is 0.00000300. The van der Waals surface area contributed by atoms with Crippen molar-refractivity contribution in [3.05, 3.63) is 65.7 Å². The van der Waals surface area contributed by atoms with Gasteiger partial charge in [0.05, 0.1) is 0 Å². The van der Waals surface area contributed by atoms with Crippen LogP contribution in [0.15, 0.2) is 54.6 Å². The van der Waals surface area contributed by atoms with Crippen molar-refractivity contribution in [2.24, 2.45) is 11.7 Å². The van der Waals surface area contributed by atoms with E-state index in [1.54, 1.807) is 0 Å². The third-order valence-corrected chi connectivity index (χ3v) is 5.12. The van der Waals surface area contributed by atoms with Crippen molar-refractivity contribution in [3.8, 4) is 0 Å². The lowest BCUT2D eigenvalue weighted by Crippen LogP contribution is -2.47. The number of carbonyl (C=O) groups excluding carboxylic acids is 2. The summed E-state index contributed by atoms with van der Waals surface area (Å²) < 4.78 is 0. The van der Waals surface area contributed by atoms with E-state index in [0.29, 0.717) is 19.6 Å². The van der Waals surface area contributed by atoms with Gasteiger partial charge < -0.3 is 21.3 Å². The van der Waals surface area contributed by atoms with Crippen molar-refractivity contribution in [3.63, 3.8) is 0 Å². The molecule has 3 amide bonds. The zero-order valence-electron chi connectivity index (χ0n) is 16.6. The molecule has 7 heteroatoms. The molecule has 0 bridgehead atoms. The Morgan fingerprint density at radius 2 is 1.83 bits per heavy atom. The van der Waals surface area contributed by atoms with Crippen LogP contribution in [0.2, 0.25) is 0 Å². The molecule has 0 spiro atoms. The normalized spacial score (nSPS) is 17.0. The van der Waals surface area contributed by atoms with Crippen molar-refractivity contribution in [1.29, 1.82) is 0 Å². The summed E-state index contributed by atoms with van der Waals surface area (Å²) in [5.41, 5.74) is 8.89. The van der Waals surface area contributed by atoms with Crippen LogP contribution in [0.1, 0.15) is 30.0 Å². The molecule has 2 aromatic carbocycles. The molecule has 1 heterocycles. The van der Waals surface area contributed by atoms with Crippen molar-refractivity contribution in [1.82, 2.24) is 10.2 Å². The van der Waals surface area contributed by atoms with Crippen LogP contribution in [0.4, 0.5) is 10.5 Å². The minimum absolute atomic E-state index is 0. The van der Waals surface area contributed by atoms with Gasteiger partial charge in [0.25, 0.3) is 0 Å². The lowest BCUT2D eigenvalue weighted by Gasteiger charge is -2.34. The summed E-state index contributed by atoms with van der Waals surface area (Å²) >= 11 is 0. The second kappa shape index (κ2) is 10.8. The van der Waals surface area contributed by atoms with E-state index in [0.717, 1.165) is 29.7 Å². The highest BCUT2D eigenvalue weighted by Crippen LogP contribution is 2.20. The molecule has 156 valence electrons. The fourth-order valence-electron chi connectivity index (χ4n) is 3.48. The number of likely N-dealkylation sites (tertiary alicyclic amines) is 1. The highest BCUT2D eigenvalue weighted by Gasteiger charge is 2.28. The maximum absolute atomic E-state index is 12.8. The molecule has 4 N–H and O–H groups in total. The second-order valence-corrected chi connectivity index (χ2v) is 7.38. The molecule has 6 nitrogen and oxygen atoms in total. The van der Waals surface area contributed by atoms with Gasteiger partial charge in [-0.2, -0.15) is 0 Å². The third-order valence-electron chi connectivity index (χ3n) is 5.12. The fraction of sp³-hybridized carbons (Fsp3) is 0.364. The first kappa shape index (κ1) is 22.7. The average molecular weight is 417 g/mol. The second-order valence-electron chi connectivity index (χ2n) is 7.38. The zero-order valence-corrected chi connectivity index (χ0v) is 17.5. The van der Waals surface area contributed by atoms with Gasteiger partial charge >= 0.3 is 6.03 Å². The van der Waals surface area contributed by atoms with Gasteiger partial charge in [-0.05, 0) is 43.4 Å². The number of urea groups is 1. The van der Waals surface area contributed by atoms with Gasteiger partial charge in [-0.1, -0.05) is 48.0 Å². The number of aryl methyl sites for hydroxylation is 1. The molecule has 1 aliphatic rings. The first-order valence-electron chi connectivity index (χ1n) is 9.74. The molecule has 1 aliphatic heterocycles. The van der Waals surface area contributed by atoms with E-state index < -0.39 is 6.04 Å². The maximum atomic E-state index is 12.8. The summed E-state index contributed by atoms with van der Waals surface area (Å²) in [4.78, 5) is 26.7. The Bertz CT molecular complexity index is 798. The lowest BCUT2D eigenvalue weighted by atomic mass is 9.96. The van der Waals surface area contributed by atoms with Gasteiger partial charge in [0.1, 0.15) is 6.04 Å². The highest BCUT2D eigenvalue weighted by molar-refractivity contribution is 5.89. The smallest absolute Gasteiger partial charge is 0.319 e. The Morgan fingerprint density at radius 1 is 1.14 bits per heavy atom. The summed E-state index contributed by atoms with van der Waals surface area (Å²) in [6.07, 6.45) is 1.90. The number of piperidine rings is 1. The standard InChI is InChI=1S/C22H28N4O2.ClH/c1-16-9-11-19(12-10-16)25-22(28)24-14-17-6-5-13-26(15-17)21(27)20(23)18-7-3-2-4-8-18;/h2-4,7-12,17,20H,5-6,13-15,23H2,1H3,(H2,24,25,28);1H. The molecule has 0 radical (unpaired) electrons. The van der Waals surface area contributed by atoms with Gasteiger partial charge in [-0.15, -0.1) is 12.4 Å². The number of nitrogens with zero attached hydrogens (tertiary/aromatic N) is 1. The largest absolute Gasteiger partial charge is 0.341 e. The minimum atomic E-state index is -0.641. The Morgan fingerprint density at radius 3 is 2.52 bits per heavy atom. The fourth-order valence-corrected chi connectivity index (χ4v) is 3.48. The SMILES string of the molecule is Cc1ccc(NC(=O)NCC2CCCN(C(=O)C(N)c3ccccc3)C2)cc1.Cl. The van der Waals surface area contributed by atoms with Crippen LogP contribution in [-0.2, 0) is 4.79 Å². The number of halogens is 1. The molecule has 2 unspecified atom stereocenters. The summed E-state index contributed by atoms with van der Waals surface area (Å²) in [5.74, 6) is 0.171. The monoisotopic (exact) mass is 416 g/mol. The number of carbonyl (C=O) groups is 2. The number of nitrogens with one attached hydrogen (secondary N) is 2. The molecule has 0 saturated carbocycles. The van der Waals surface area contributed by atoms with Crippen molar-refractivity contribution in [2.45, 2.75) is 25.8 Å². The molecule has 2 aromatic rings.